The molecule has 1 saturated heterocycles. The van der Waals surface area contributed by atoms with E-state index in [2.05, 4.69) is 24.9 Å². The van der Waals surface area contributed by atoms with E-state index in [0.29, 0.717) is 42.5 Å². The van der Waals surface area contributed by atoms with Gasteiger partial charge in [0.1, 0.15) is 10.5 Å². The van der Waals surface area contributed by atoms with Crippen molar-refractivity contribution in [3.8, 4) is 0 Å². The second kappa shape index (κ2) is 6.55. The molecule has 23 heavy (non-hydrogen) atoms. The van der Waals surface area contributed by atoms with Gasteiger partial charge in [0.25, 0.3) is 5.91 Å². The van der Waals surface area contributed by atoms with E-state index in [1.165, 1.54) is 0 Å². The number of rotatable bonds is 5. The molecule has 9 heteroatoms. The molecule has 0 radical (unpaired) electrons. The average molecular weight is 334 g/mol. The van der Waals surface area contributed by atoms with Gasteiger partial charge in [0.05, 0.1) is 12.2 Å². The Labute approximate surface area is 137 Å². The highest BCUT2D eigenvalue weighted by Gasteiger charge is 2.37. The van der Waals surface area contributed by atoms with Gasteiger partial charge in [0.2, 0.25) is 5.95 Å². The molecule has 0 bridgehead atoms. The van der Waals surface area contributed by atoms with Crippen molar-refractivity contribution in [3.05, 3.63) is 29.0 Å². The first-order valence-electron chi connectivity index (χ1n) is 7.45. The summed E-state index contributed by atoms with van der Waals surface area (Å²) in [6, 6.07) is 1.75. The lowest BCUT2D eigenvalue weighted by Gasteiger charge is -2.23. The summed E-state index contributed by atoms with van der Waals surface area (Å²) >= 11 is 1.08. The molecular formula is C14H18N6O2S. The second-order valence-electron chi connectivity index (χ2n) is 5.53. The first-order chi connectivity index (χ1) is 11.1. The summed E-state index contributed by atoms with van der Waals surface area (Å²) in [5.41, 5.74) is -0.301. The van der Waals surface area contributed by atoms with E-state index in [0.717, 1.165) is 11.5 Å². The molecule has 3 rings (SSSR count). The van der Waals surface area contributed by atoms with Gasteiger partial charge in [-0.2, -0.15) is 0 Å². The van der Waals surface area contributed by atoms with Gasteiger partial charge in [0, 0.05) is 25.5 Å². The van der Waals surface area contributed by atoms with Crippen molar-refractivity contribution in [1.82, 2.24) is 24.9 Å². The fourth-order valence-corrected chi connectivity index (χ4v) is 3.23. The number of anilines is 1. The van der Waals surface area contributed by atoms with Crippen molar-refractivity contribution < 1.29 is 9.90 Å². The van der Waals surface area contributed by atoms with Crippen LogP contribution in [0, 0.1) is 0 Å². The highest BCUT2D eigenvalue weighted by atomic mass is 32.1. The Hall–Kier alpha value is -2.13. The Morgan fingerprint density at radius 2 is 2.26 bits per heavy atom. The third kappa shape index (κ3) is 3.45. The minimum absolute atomic E-state index is 0.177. The molecule has 1 aliphatic heterocycles. The van der Waals surface area contributed by atoms with Crippen LogP contribution in [-0.4, -0.2) is 55.8 Å². The quantitative estimate of drug-likeness (QED) is 0.808. The molecule has 2 N–H and O–H groups in total. The largest absolute Gasteiger partial charge is 0.386 e. The molecule has 8 nitrogen and oxygen atoms in total. The number of carbonyl (C=O) groups excluding carboxylic acids is 1. The lowest BCUT2D eigenvalue weighted by atomic mass is 10.0. The van der Waals surface area contributed by atoms with Crippen molar-refractivity contribution in [2.45, 2.75) is 25.4 Å². The van der Waals surface area contributed by atoms with Crippen LogP contribution in [0.2, 0.25) is 0 Å². The van der Waals surface area contributed by atoms with Crippen molar-refractivity contribution in [1.29, 1.82) is 0 Å². The minimum Gasteiger partial charge on any atom is -0.386 e. The minimum atomic E-state index is -0.987. The number of β-amino-alcohol motifs (C(OH)–C–C–N with tert-alkyl or cyclic N) is 1. The van der Waals surface area contributed by atoms with Gasteiger partial charge in [-0.15, -0.1) is 5.10 Å². The van der Waals surface area contributed by atoms with Gasteiger partial charge in [-0.3, -0.25) is 4.79 Å². The molecule has 122 valence electrons. The summed E-state index contributed by atoms with van der Waals surface area (Å²) in [6.45, 7) is 3.14. The highest BCUT2D eigenvalue weighted by molar-refractivity contribution is 7.08. The lowest BCUT2D eigenvalue weighted by molar-refractivity contribution is 0.0576. The summed E-state index contributed by atoms with van der Waals surface area (Å²) in [6.07, 6.45) is 4.55. The molecule has 0 aliphatic carbocycles. The van der Waals surface area contributed by atoms with E-state index >= 15 is 0 Å². The topological polar surface area (TPSA) is 104 Å². The number of nitrogens with zero attached hydrogens (tertiary/aromatic N) is 5. The third-order valence-corrected chi connectivity index (χ3v) is 4.61. The van der Waals surface area contributed by atoms with Gasteiger partial charge in [-0.05, 0) is 30.4 Å². The average Bonchev–Trinajstić information content (AvgIpc) is 3.20. The van der Waals surface area contributed by atoms with Crippen LogP contribution < -0.4 is 10.2 Å². The Morgan fingerprint density at radius 3 is 3.00 bits per heavy atom. The van der Waals surface area contributed by atoms with E-state index in [9.17, 15) is 9.90 Å². The van der Waals surface area contributed by atoms with E-state index in [4.69, 9.17) is 0 Å². The Bertz CT molecular complexity index is 679. The fourth-order valence-electron chi connectivity index (χ4n) is 2.56. The summed E-state index contributed by atoms with van der Waals surface area (Å²) in [7, 11) is 0. The normalized spacial score (nSPS) is 20.7. The molecule has 1 atom stereocenters. The second-order valence-corrected chi connectivity index (χ2v) is 6.28. The van der Waals surface area contributed by atoms with Gasteiger partial charge < -0.3 is 15.3 Å². The lowest BCUT2D eigenvalue weighted by Crippen LogP contribution is -2.45. The standard InChI is InChI=1S/C14H18N6O2S/c1-2-10-11(23-19-18-10)12(21)17-8-14(22)4-7-20(9-14)13-15-5-3-6-16-13/h3,5-6,22H,2,4,7-9H2,1H3,(H,17,21)/t14-/m1/s1. The molecule has 1 amide bonds. The fraction of sp³-hybridized carbons (Fsp3) is 0.500. The van der Waals surface area contributed by atoms with Crippen molar-refractivity contribution >= 4 is 23.4 Å². The summed E-state index contributed by atoms with van der Waals surface area (Å²) in [5, 5.41) is 17.4. The van der Waals surface area contributed by atoms with Crippen LogP contribution in [0.1, 0.15) is 28.7 Å². The molecule has 3 heterocycles. The zero-order valence-electron chi connectivity index (χ0n) is 12.8. The van der Waals surface area contributed by atoms with Crippen molar-refractivity contribution in [2.75, 3.05) is 24.5 Å². The SMILES string of the molecule is CCc1nnsc1C(=O)NC[C@]1(O)CCN(c2ncccn2)C1. The van der Waals surface area contributed by atoms with Crippen LogP contribution >= 0.6 is 11.5 Å². The Kier molecular flexibility index (Phi) is 4.49. The number of hydrogen-bond donors (Lipinski definition) is 2. The number of hydrogen-bond acceptors (Lipinski definition) is 8. The molecular weight excluding hydrogens is 316 g/mol. The monoisotopic (exact) mass is 334 g/mol. The molecule has 1 fully saturated rings. The van der Waals surface area contributed by atoms with Gasteiger partial charge in [0.15, 0.2) is 0 Å². The zero-order valence-corrected chi connectivity index (χ0v) is 13.6. The van der Waals surface area contributed by atoms with Crippen LogP contribution in [0.15, 0.2) is 18.5 Å². The van der Waals surface area contributed by atoms with Crippen LogP contribution in [-0.2, 0) is 6.42 Å². The van der Waals surface area contributed by atoms with Crippen LogP contribution in [0.5, 0.6) is 0 Å². The summed E-state index contributed by atoms with van der Waals surface area (Å²) in [5.74, 6) is 0.356. The molecule has 0 saturated carbocycles. The number of carbonyl (C=O) groups is 1. The van der Waals surface area contributed by atoms with Crippen molar-refractivity contribution in [2.24, 2.45) is 0 Å². The molecule has 1 aliphatic rings. The molecule has 2 aromatic heterocycles. The zero-order chi connectivity index (χ0) is 16.3. The van der Waals surface area contributed by atoms with Crippen LogP contribution in [0.3, 0.4) is 0 Å². The van der Waals surface area contributed by atoms with Crippen LogP contribution in [0.25, 0.3) is 0 Å². The number of nitrogens with one attached hydrogen (secondary N) is 1. The van der Waals surface area contributed by atoms with Gasteiger partial charge in [-0.25, -0.2) is 9.97 Å². The molecule has 2 aromatic rings. The molecule has 0 spiro atoms. The van der Waals surface area contributed by atoms with E-state index in [1.807, 2.05) is 11.8 Å². The Morgan fingerprint density at radius 1 is 1.48 bits per heavy atom. The first-order valence-corrected chi connectivity index (χ1v) is 8.22. The maximum absolute atomic E-state index is 12.2. The van der Waals surface area contributed by atoms with Gasteiger partial charge in [-0.1, -0.05) is 11.4 Å². The number of aryl methyl sites for hydroxylation is 1. The maximum Gasteiger partial charge on any atom is 0.265 e. The molecule has 0 aromatic carbocycles. The van der Waals surface area contributed by atoms with Crippen LogP contribution in [0.4, 0.5) is 5.95 Å². The van der Waals surface area contributed by atoms with E-state index in [1.54, 1.807) is 18.5 Å². The predicted molar refractivity (Wildman–Crippen MR) is 85.4 cm³/mol. The van der Waals surface area contributed by atoms with E-state index < -0.39 is 5.60 Å². The highest BCUT2D eigenvalue weighted by Crippen LogP contribution is 2.23. The Balaban J connectivity index is 1.59. The third-order valence-electron chi connectivity index (χ3n) is 3.84. The number of amides is 1. The summed E-state index contributed by atoms with van der Waals surface area (Å²) in [4.78, 5) is 23.0. The predicted octanol–water partition coefficient (Wildman–Crippen LogP) is 0.262. The molecule has 0 unspecified atom stereocenters. The van der Waals surface area contributed by atoms with Gasteiger partial charge >= 0.3 is 0 Å². The van der Waals surface area contributed by atoms with E-state index in [-0.39, 0.29) is 12.5 Å². The smallest absolute Gasteiger partial charge is 0.265 e. The first kappa shape index (κ1) is 15.8. The number of aromatic nitrogens is 4. The van der Waals surface area contributed by atoms with Crippen molar-refractivity contribution in [3.63, 3.8) is 0 Å². The maximum atomic E-state index is 12.2. The summed E-state index contributed by atoms with van der Waals surface area (Å²) < 4.78 is 3.81. The number of aliphatic hydroxyl groups is 1.